The Kier molecular flexibility index (Phi) is 4.23. The van der Waals surface area contributed by atoms with Crippen LogP contribution >= 0.6 is 11.6 Å². The van der Waals surface area contributed by atoms with Gasteiger partial charge < -0.3 is 4.90 Å². The molecule has 0 N–H and O–H groups in total. The van der Waals surface area contributed by atoms with Crippen molar-refractivity contribution < 1.29 is 4.79 Å². The first-order chi connectivity index (χ1) is 9.08. The van der Waals surface area contributed by atoms with E-state index in [9.17, 15) is 4.79 Å². The van der Waals surface area contributed by atoms with E-state index in [1.54, 1.807) is 11.9 Å². The predicted octanol–water partition coefficient (Wildman–Crippen LogP) is 3.92. The first-order valence-corrected chi connectivity index (χ1v) is 6.51. The molecular formula is C16H16ClNO. The highest BCUT2D eigenvalue weighted by molar-refractivity contribution is 6.31. The monoisotopic (exact) mass is 273 g/mol. The summed E-state index contributed by atoms with van der Waals surface area (Å²) < 4.78 is 0. The summed E-state index contributed by atoms with van der Waals surface area (Å²) in [5.41, 5.74) is 2.74. The van der Waals surface area contributed by atoms with Crippen molar-refractivity contribution in [2.24, 2.45) is 0 Å². The minimum atomic E-state index is 0.00335. The molecule has 0 aromatic heterocycles. The molecule has 0 heterocycles. The number of hydrogen-bond acceptors (Lipinski definition) is 1. The summed E-state index contributed by atoms with van der Waals surface area (Å²) in [7, 11) is 1.79. The lowest BCUT2D eigenvalue weighted by Crippen LogP contribution is -2.26. The Morgan fingerprint density at radius 3 is 2.58 bits per heavy atom. The molecule has 0 atom stereocenters. The van der Waals surface area contributed by atoms with E-state index < -0.39 is 0 Å². The Morgan fingerprint density at radius 1 is 1.16 bits per heavy atom. The molecule has 0 saturated heterocycles. The number of hydrogen-bond donors (Lipinski definition) is 0. The van der Waals surface area contributed by atoms with E-state index in [0.717, 1.165) is 11.1 Å². The van der Waals surface area contributed by atoms with Crippen molar-refractivity contribution in [2.45, 2.75) is 13.5 Å². The van der Waals surface area contributed by atoms with Gasteiger partial charge in [-0.2, -0.15) is 0 Å². The molecule has 2 nitrogen and oxygen atoms in total. The Labute approximate surface area is 118 Å². The van der Waals surface area contributed by atoms with Crippen molar-refractivity contribution in [3.05, 3.63) is 70.2 Å². The molecule has 2 aromatic rings. The highest BCUT2D eigenvalue weighted by Gasteiger charge is 2.13. The van der Waals surface area contributed by atoms with Crippen molar-refractivity contribution in [3.8, 4) is 0 Å². The fraction of sp³-hybridized carbons (Fsp3) is 0.188. The number of benzene rings is 2. The van der Waals surface area contributed by atoms with Crippen molar-refractivity contribution in [1.29, 1.82) is 0 Å². The number of amides is 1. The van der Waals surface area contributed by atoms with E-state index in [1.165, 1.54) is 0 Å². The summed E-state index contributed by atoms with van der Waals surface area (Å²) in [6, 6.07) is 15.2. The van der Waals surface area contributed by atoms with E-state index in [2.05, 4.69) is 0 Å². The highest BCUT2D eigenvalue weighted by Crippen LogP contribution is 2.17. The number of aryl methyl sites for hydroxylation is 1. The third kappa shape index (κ3) is 3.36. The van der Waals surface area contributed by atoms with E-state index in [0.29, 0.717) is 17.1 Å². The van der Waals surface area contributed by atoms with Gasteiger partial charge in [0.2, 0.25) is 0 Å². The van der Waals surface area contributed by atoms with Crippen molar-refractivity contribution >= 4 is 17.5 Å². The van der Waals surface area contributed by atoms with Crippen LogP contribution in [0.5, 0.6) is 0 Å². The minimum Gasteiger partial charge on any atom is -0.337 e. The molecule has 98 valence electrons. The van der Waals surface area contributed by atoms with Crippen LogP contribution < -0.4 is 0 Å². The summed E-state index contributed by atoms with van der Waals surface area (Å²) in [5, 5.41) is 0.686. The van der Waals surface area contributed by atoms with Crippen molar-refractivity contribution in [3.63, 3.8) is 0 Å². The van der Waals surface area contributed by atoms with Crippen LogP contribution in [0.4, 0.5) is 0 Å². The molecule has 0 bridgehead atoms. The molecule has 2 aromatic carbocycles. The topological polar surface area (TPSA) is 20.3 Å². The van der Waals surface area contributed by atoms with Crippen LogP contribution in [0.1, 0.15) is 21.5 Å². The Morgan fingerprint density at radius 2 is 1.89 bits per heavy atom. The Hall–Kier alpha value is -1.80. The van der Waals surface area contributed by atoms with E-state index >= 15 is 0 Å². The molecule has 0 spiro atoms. The van der Waals surface area contributed by atoms with Gasteiger partial charge in [0.25, 0.3) is 5.91 Å². The highest BCUT2D eigenvalue weighted by atomic mass is 35.5. The second-order valence-corrected chi connectivity index (χ2v) is 5.03. The molecule has 0 unspecified atom stereocenters. The Bertz CT molecular complexity index is 595. The summed E-state index contributed by atoms with van der Waals surface area (Å²) in [5.74, 6) is 0.00335. The summed E-state index contributed by atoms with van der Waals surface area (Å²) in [4.78, 5) is 14.0. The molecule has 0 aliphatic rings. The van der Waals surface area contributed by atoms with Gasteiger partial charge in [-0.3, -0.25) is 4.79 Å². The lowest BCUT2D eigenvalue weighted by atomic mass is 10.1. The average Bonchev–Trinajstić information content (AvgIpc) is 2.40. The van der Waals surface area contributed by atoms with Crippen LogP contribution in [-0.4, -0.2) is 17.9 Å². The predicted molar refractivity (Wildman–Crippen MR) is 78.4 cm³/mol. The fourth-order valence-corrected chi connectivity index (χ4v) is 2.15. The minimum absolute atomic E-state index is 0.00335. The lowest BCUT2D eigenvalue weighted by Gasteiger charge is -2.18. The molecule has 2 rings (SSSR count). The smallest absolute Gasteiger partial charge is 0.253 e. The third-order valence-corrected chi connectivity index (χ3v) is 3.35. The largest absolute Gasteiger partial charge is 0.337 e. The number of rotatable bonds is 3. The zero-order chi connectivity index (χ0) is 13.8. The summed E-state index contributed by atoms with van der Waals surface area (Å²) in [6.07, 6.45) is 0. The van der Waals surface area contributed by atoms with Gasteiger partial charge >= 0.3 is 0 Å². The SMILES string of the molecule is Cc1cccc(C(=O)N(C)Cc2ccccc2Cl)c1. The van der Waals surface area contributed by atoms with Crippen LogP contribution in [-0.2, 0) is 6.54 Å². The van der Waals surface area contributed by atoms with Crippen LogP contribution in [0, 0.1) is 6.92 Å². The van der Waals surface area contributed by atoms with Gasteiger partial charge in [0.1, 0.15) is 0 Å². The standard InChI is InChI=1S/C16H16ClNO/c1-12-6-5-8-13(10-12)16(19)18(2)11-14-7-3-4-9-15(14)17/h3-10H,11H2,1-2H3. The second kappa shape index (κ2) is 5.89. The molecule has 0 aliphatic carbocycles. The zero-order valence-corrected chi connectivity index (χ0v) is 11.8. The first kappa shape index (κ1) is 13.6. The normalized spacial score (nSPS) is 10.3. The van der Waals surface area contributed by atoms with Gasteiger partial charge in [-0.05, 0) is 30.7 Å². The van der Waals surface area contributed by atoms with Crippen molar-refractivity contribution in [2.75, 3.05) is 7.05 Å². The zero-order valence-electron chi connectivity index (χ0n) is 11.1. The number of halogens is 1. The number of carbonyl (C=O) groups excluding carboxylic acids is 1. The van der Waals surface area contributed by atoms with Gasteiger partial charge in [-0.25, -0.2) is 0 Å². The first-order valence-electron chi connectivity index (χ1n) is 6.13. The second-order valence-electron chi connectivity index (χ2n) is 4.62. The van der Waals surface area contributed by atoms with Crippen LogP contribution in [0.2, 0.25) is 5.02 Å². The molecule has 3 heteroatoms. The van der Waals surface area contributed by atoms with Gasteiger partial charge in [0.05, 0.1) is 0 Å². The van der Waals surface area contributed by atoms with Crippen LogP contribution in [0.3, 0.4) is 0 Å². The van der Waals surface area contributed by atoms with Gasteiger partial charge in [0, 0.05) is 24.2 Å². The number of nitrogens with zero attached hydrogens (tertiary/aromatic N) is 1. The van der Waals surface area contributed by atoms with Crippen LogP contribution in [0.25, 0.3) is 0 Å². The number of carbonyl (C=O) groups is 1. The molecule has 0 aliphatic heterocycles. The molecule has 0 saturated carbocycles. The maximum Gasteiger partial charge on any atom is 0.253 e. The molecule has 0 fully saturated rings. The maximum atomic E-state index is 12.3. The third-order valence-electron chi connectivity index (χ3n) is 2.98. The quantitative estimate of drug-likeness (QED) is 0.830. The Balaban J connectivity index is 2.14. The van der Waals surface area contributed by atoms with Gasteiger partial charge in [-0.15, -0.1) is 0 Å². The van der Waals surface area contributed by atoms with Crippen molar-refractivity contribution in [1.82, 2.24) is 4.90 Å². The molecule has 1 amide bonds. The summed E-state index contributed by atoms with van der Waals surface area (Å²) >= 11 is 6.11. The average molecular weight is 274 g/mol. The summed E-state index contributed by atoms with van der Waals surface area (Å²) in [6.45, 7) is 2.48. The van der Waals surface area contributed by atoms with E-state index in [4.69, 9.17) is 11.6 Å². The van der Waals surface area contributed by atoms with Gasteiger partial charge in [-0.1, -0.05) is 47.5 Å². The van der Waals surface area contributed by atoms with E-state index in [1.807, 2.05) is 55.5 Å². The lowest BCUT2D eigenvalue weighted by molar-refractivity contribution is 0.0785. The molecule has 19 heavy (non-hydrogen) atoms. The van der Waals surface area contributed by atoms with Crippen LogP contribution in [0.15, 0.2) is 48.5 Å². The fourth-order valence-electron chi connectivity index (χ4n) is 1.95. The molecule has 0 radical (unpaired) electrons. The van der Waals surface area contributed by atoms with E-state index in [-0.39, 0.29) is 5.91 Å². The maximum absolute atomic E-state index is 12.3. The molecular weight excluding hydrogens is 258 g/mol. The van der Waals surface area contributed by atoms with Gasteiger partial charge in [0.15, 0.2) is 0 Å².